The first-order valence-electron chi connectivity index (χ1n) is 7.52. The SMILES string of the molecule is CC[C@@H](C(c1ccc(OC)cc1)c1ccc(OC)cc1)[N+](=O)[O-]. The third-order valence-electron chi connectivity index (χ3n) is 4.02. The summed E-state index contributed by atoms with van der Waals surface area (Å²) in [6.07, 6.45) is 0.454. The molecule has 122 valence electrons. The van der Waals surface area contributed by atoms with Crippen LogP contribution in [0.1, 0.15) is 30.4 Å². The zero-order valence-electron chi connectivity index (χ0n) is 13.6. The molecule has 0 aromatic heterocycles. The Balaban J connectivity index is 2.46. The molecule has 0 saturated carbocycles. The molecule has 0 aliphatic heterocycles. The number of rotatable bonds is 7. The largest absolute Gasteiger partial charge is 0.497 e. The van der Waals surface area contributed by atoms with E-state index in [-0.39, 0.29) is 10.8 Å². The summed E-state index contributed by atoms with van der Waals surface area (Å²) < 4.78 is 10.3. The zero-order valence-corrected chi connectivity index (χ0v) is 13.6. The quantitative estimate of drug-likeness (QED) is 0.574. The second-order valence-electron chi connectivity index (χ2n) is 5.28. The van der Waals surface area contributed by atoms with Gasteiger partial charge in [-0.25, -0.2) is 0 Å². The van der Waals surface area contributed by atoms with Crippen LogP contribution < -0.4 is 9.47 Å². The Kier molecular flexibility index (Phi) is 5.57. The minimum Gasteiger partial charge on any atom is -0.497 e. The van der Waals surface area contributed by atoms with E-state index in [0.29, 0.717) is 6.42 Å². The molecule has 1 atom stereocenters. The van der Waals surface area contributed by atoms with Crippen LogP contribution in [0.15, 0.2) is 48.5 Å². The maximum Gasteiger partial charge on any atom is 0.223 e. The molecule has 0 aliphatic carbocycles. The summed E-state index contributed by atoms with van der Waals surface area (Å²) in [5, 5.41) is 11.5. The molecular formula is C18H21NO4. The molecule has 0 spiro atoms. The maximum absolute atomic E-state index is 11.5. The first-order chi connectivity index (χ1) is 11.1. The Labute approximate surface area is 136 Å². The van der Waals surface area contributed by atoms with Crippen LogP contribution >= 0.6 is 0 Å². The first-order valence-corrected chi connectivity index (χ1v) is 7.52. The maximum atomic E-state index is 11.5. The van der Waals surface area contributed by atoms with E-state index in [4.69, 9.17) is 9.47 Å². The van der Waals surface area contributed by atoms with E-state index >= 15 is 0 Å². The van der Waals surface area contributed by atoms with Gasteiger partial charge < -0.3 is 9.47 Å². The molecule has 5 heteroatoms. The van der Waals surface area contributed by atoms with Crippen molar-refractivity contribution in [2.75, 3.05) is 14.2 Å². The van der Waals surface area contributed by atoms with Crippen molar-refractivity contribution in [3.8, 4) is 11.5 Å². The monoisotopic (exact) mass is 315 g/mol. The Bertz CT molecular complexity index is 590. The highest BCUT2D eigenvalue weighted by Crippen LogP contribution is 2.33. The standard InChI is InChI=1S/C18H21NO4/c1-4-17(19(20)21)18(13-5-9-15(22-2)10-6-13)14-7-11-16(23-3)12-8-14/h5-12,17-18H,4H2,1-3H3/t17-/m0/s1. The van der Waals surface area contributed by atoms with Crippen molar-refractivity contribution in [2.45, 2.75) is 25.3 Å². The fourth-order valence-corrected chi connectivity index (χ4v) is 2.77. The zero-order chi connectivity index (χ0) is 16.8. The summed E-state index contributed by atoms with van der Waals surface area (Å²) >= 11 is 0. The lowest BCUT2D eigenvalue weighted by Gasteiger charge is -2.21. The highest BCUT2D eigenvalue weighted by atomic mass is 16.6. The van der Waals surface area contributed by atoms with Gasteiger partial charge >= 0.3 is 0 Å². The van der Waals surface area contributed by atoms with Crippen molar-refractivity contribution in [2.24, 2.45) is 0 Å². The van der Waals surface area contributed by atoms with Crippen molar-refractivity contribution in [3.63, 3.8) is 0 Å². The Hall–Kier alpha value is -2.56. The van der Waals surface area contributed by atoms with Crippen LogP contribution in [-0.2, 0) is 0 Å². The van der Waals surface area contributed by atoms with Gasteiger partial charge in [0.05, 0.1) is 20.1 Å². The lowest BCUT2D eigenvalue weighted by atomic mass is 9.84. The topological polar surface area (TPSA) is 61.6 Å². The van der Waals surface area contributed by atoms with Gasteiger partial charge in [-0.05, 0) is 35.4 Å². The van der Waals surface area contributed by atoms with Crippen LogP contribution in [0.3, 0.4) is 0 Å². The fraction of sp³-hybridized carbons (Fsp3) is 0.333. The summed E-state index contributed by atoms with van der Waals surface area (Å²) in [5.74, 6) is 1.15. The van der Waals surface area contributed by atoms with Gasteiger partial charge in [0, 0.05) is 11.3 Å². The third kappa shape index (κ3) is 3.80. The van der Waals surface area contributed by atoms with Crippen LogP contribution in [0.25, 0.3) is 0 Å². The molecule has 0 bridgehead atoms. The van der Waals surface area contributed by atoms with Gasteiger partial charge in [0.1, 0.15) is 11.5 Å². The average Bonchev–Trinajstić information content (AvgIpc) is 2.59. The molecule has 23 heavy (non-hydrogen) atoms. The molecule has 0 heterocycles. The lowest BCUT2D eigenvalue weighted by molar-refractivity contribution is -0.525. The predicted octanol–water partition coefficient (Wildman–Crippen LogP) is 3.89. The van der Waals surface area contributed by atoms with Crippen LogP contribution in [0.2, 0.25) is 0 Å². The minimum atomic E-state index is -0.684. The van der Waals surface area contributed by atoms with E-state index in [0.717, 1.165) is 22.6 Å². The van der Waals surface area contributed by atoms with Crippen LogP contribution in [0, 0.1) is 10.1 Å². The number of hydrogen-bond donors (Lipinski definition) is 0. The van der Waals surface area contributed by atoms with Gasteiger partial charge in [-0.2, -0.15) is 0 Å². The number of ether oxygens (including phenoxy) is 2. The van der Waals surface area contributed by atoms with E-state index in [9.17, 15) is 10.1 Å². The number of hydrogen-bond acceptors (Lipinski definition) is 4. The van der Waals surface area contributed by atoms with Gasteiger partial charge in [-0.15, -0.1) is 0 Å². The Morgan fingerprint density at radius 3 is 1.57 bits per heavy atom. The Morgan fingerprint density at radius 2 is 1.30 bits per heavy atom. The molecule has 0 fully saturated rings. The van der Waals surface area contributed by atoms with Gasteiger partial charge in [-0.1, -0.05) is 31.2 Å². The summed E-state index contributed by atoms with van der Waals surface area (Å²) in [5.41, 5.74) is 1.80. The highest BCUT2D eigenvalue weighted by Gasteiger charge is 2.32. The van der Waals surface area contributed by atoms with E-state index in [1.54, 1.807) is 14.2 Å². The average molecular weight is 315 g/mol. The smallest absolute Gasteiger partial charge is 0.223 e. The predicted molar refractivity (Wildman–Crippen MR) is 88.9 cm³/mol. The molecule has 0 N–H and O–H groups in total. The van der Waals surface area contributed by atoms with Gasteiger partial charge in [0.25, 0.3) is 0 Å². The molecule has 2 aromatic rings. The molecule has 5 nitrogen and oxygen atoms in total. The number of nitrogens with zero attached hydrogens (tertiary/aromatic N) is 1. The molecule has 2 aromatic carbocycles. The van der Waals surface area contributed by atoms with Crippen LogP contribution in [-0.4, -0.2) is 25.2 Å². The number of nitro groups is 1. The second kappa shape index (κ2) is 7.63. The first kappa shape index (κ1) is 16.8. The Morgan fingerprint density at radius 1 is 0.913 bits per heavy atom. The lowest BCUT2D eigenvalue weighted by Crippen LogP contribution is -2.27. The fourth-order valence-electron chi connectivity index (χ4n) is 2.77. The van der Waals surface area contributed by atoms with Gasteiger partial charge in [0.15, 0.2) is 0 Å². The molecule has 2 rings (SSSR count). The van der Waals surface area contributed by atoms with E-state index in [2.05, 4.69) is 0 Å². The highest BCUT2D eigenvalue weighted by molar-refractivity contribution is 5.39. The summed E-state index contributed by atoms with van der Waals surface area (Å²) in [6, 6.07) is 14.2. The molecule has 0 saturated heterocycles. The summed E-state index contributed by atoms with van der Waals surface area (Å²) in [4.78, 5) is 11.3. The number of benzene rings is 2. The second-order valence-corrected chi connectivity index (χ2v) is 5.28. The van der Waals surface area contributed by atoms with E-state index in [1.807, 2.05) is 55.5 Å². The molecule has 0 radical (unpaired) electrons. The minimum absolute atomic E-state index is 0.195. The summed E-state index contributed by atoms with van der Waals surface area (Å²) in [7, 11) is 3.20. The van der Waals surface area contributed by atoms with Crippen LogP contribution in [0.5, 0.6) is 11.5 Å². The normalized spacial score (nSPS) is 12.0. The molecule has 0 unspecified atom stereocenters. The summed E-state index contributed by atoms with van der Waals surface area (Å²) in [6.45, 7) is 1.84. The van der Waals surface area contributed by atoms with Crippen molar-refractivity contribution >= 4 is 0 Å². The van der Waals surface area contributed by atoms with Crippen molar-refractivity contribution < 1.29 is 14.4 Å². The third-order valence-corrected chi connectivity index (χ3v) is 4.02. The van der Waals surface area contributed by atoms with Gasteiger partial charge in [0.2, 0.25) is 6.04 Å². The van der Waals surface area contributed by atoms with Crippen molar-refractivity contribution in [3.05, 3.63) is 69.8 Å². The molecule has 0 amide bonds. The van der Waals surface area contributed by atoms with Crippen molar-refractivity contribution in [1.82, 2.24) is 0 Å². The molecule has 0 aliphatic rings. The van der Waals surface area contributed by atoms with Crippen molar-refractivity contribution in [1.29, 1.82) is 0 Å². The molecular weight excluding hydrogens is 294 g/mol. The van der Waals surface area contributed by atoms with E-state index in [1.165, 1.54) is 0 Å². The van der Waals surface area contributed by atoms with E-state index < -0.39 is 6.04 Å². The van der Waals surface area contributed by atoms with Gasteiger partial charge in [-0.3, -0.25) is 10.1 Å². The number of methoxy groups -OCH3 is 2. The van der Waals surface area contributed by atoms with Crippen LogP contribution in [0.4, 0.5) is 0 Å².